The Morgan fingerprint density at radius 1 is 1.19 bits per heavy atom. The second-order valence-electron chi connectivity index (χ2n) is 4.45. The zero-order chi connectivity index (χ0) is 14.7. The first-order chi connectivity index (χ1) is 10.2. The summed E-state index contributed by atoms with van der Waals surface area (Å²) in [6.45, 7) is 1.30. The standard InChI is InChI=1S/C14H12Cl2N4S/c15-13-11(7-21-14(13)16)5-18-12-4-2-1-3-10(12)6-20-9-17-8-19-20/h1-4,7-9,18H,5-6H2. The van der Waals surface area contributed by atoms with E-state index in [0.29, 0.717) is 22.4 Å². The zero-order valence-electron chi connectivity index (χ0n) is 11.0. The number of nitrogens with zero attached hydrogens (tertiary/aromatic N) is 3. The normalized spacial score (nSPS) is 10.8. The molecule has 0 fully saturated rings. The minimum Gasteiger partial charge on any atom is -0.381 e. The van der Waals surface area contributed by atoms with Crippen molar-refractivity contribution < 1.29 is 0 Å². The average molecular weight is 339 g/mol. The monoisotopic (exact) mass is 338 g/mol. The molecule has 0 bridgehead atoms. The Morgan fingerprint density at radius 3 is 2.76 bits per heavy atom. The van der Waals surface area contributed by atoms with Gasteiger partial charge in [-0.3, -0.25) is 0 Å². The lowest BCUT2D eigenvalue weighted by Crippen LogP contribution is -2.06. The molecular weight excluding hydrogens is 327 g/mol. The molecule has 108 valence electrons. The van der Waals surface area contributed by atoms with Gasteiger partial charge >= 0.3 is 0 Å². The number of para-hydroxylation sites is 1. The first kappa shape index (κ1) is 14.4. The SMILES string of the molecule is Clc1scc(CNc2ccccc2Cn2cncn2)c1Cl. The van der Waals surface area contributed by atoms with Gasteiger partial charge in [0.2, 0.25) is 0 Å². The molecular formula is C14H12Cl2N4S. The number of nitrogens with one attached hydrogen (secondary N) is 1. The van der Waals surface area contributed by atoms with Crippen LogP contribution in [0.3, 0.4) is 0 Å². The molecule has 0 amide bonds. The van der Waals surface area contributed by atoms with Crippen LogP contribution in [0.2, 0.25) is 9.36 Å². The number of aromatic nitrogens is 3. The molecule has 0 aliphatic carbocycles. The number of benzene rings is 1. The van der Waals surface area contributed by atoms with Crippen molar-refractivity contribution in [2.45, 2.75) is 13.1 Å². The van der Waals surface area contributed by atoms with Crippen LogP contribution in [0.15, 0.2) is 42.3 Å². The summed E-state index contributed by atoms with van der Waals surface area (Å²) in [5.41, 5.74) is 3.19. The van der Waals surface area contributed by atoms with Gasteiger partial charge in [0.05, 0.1) is 11.6 Å². The molecule has 21 heavy (non-hydrogen) atoms. The highest BCUT2D eigenvalue weighted by Gasteiger charge is 2.08. The molecule has 0 atom stereocenters. The Balaban J connectivity index is 1.75. The van der Waals surface area contributed by atoms with Crippen LogP contribution in [0.4, 0.5) is 5.69 Å². The zero-order valence-corrected chi connectivity index (χ0v) is 13.3. The minimum atomic E-state index is 0.628. The fourth-order valence-corrected chi connectivity index (χ4v) is 3.24. The van der Waals surface area contributed by atoms with Crippen LogP contribution in [0.1, 0.15) is 11.1 Å². The van der Waals surface area contributed by atoms with Gasteiger partial charge in [0.25, 0.3) is 0 Å². The van der Waals surface area contributed by atoms with Crippen molar-refractivity contribution in [3.05, 3.63) is 62.8 Å². The van der Waals surface area contributed by atoms with Gasteiger partial charge in [0, 0.05) is 17.8 Å². The minimum absolute atomic E-state index is 0.628. The topological polar surface area (TPSA) is 42.7 Å². The van der Waals surface area contributed by atoms with Gasteiger partial charge < -0.3 is 5.32 Å². The van der Waals surface area contributed by atoms with Crippen LogP contribution in [0.25, 0.3) is 0 Å². The highest BCUT2D eigenvalue weighted by atomic mass is 35.5. The molecule has 0 saturated heterocycles. The van der Waals surface area contributed by atoms with E-state index in [2.05, 4.69) is 21.5 Å². The molecule has 4 nitrogen and oxygen atoms in total. The molecule has 0 spiro atoms. The summed E-state index contributed by atoms with van der Waals surface area (Å²) in [6, 6.07) is 8.10. The number of anilines is 1. The van der Waals surface area contributed by atoms with Crippen molar-refractivity contribution in [2.24, 2.45) is 0 Å². The Kier molecular flexibility index (Phi) is 4.43. The Bertz CT molecular complexity index is 724. The van der Waals surface area contributed by atoms with E-state index in [1.807, 2.05) is 23.6 Å². The molecule has 0 unspecified atom stereocenters. The number of thiophene rings is 1. The van der Waals surface area contributed by atoms with E-state index in [-0.39, 0.29) is 0 Å². The third kappa shape index (κ3) is 3.37. The summed E-state index contributed by atoms with van der Waals surface area (Å²) in [5, 5.41) is 10.1. The molecule has 2 heterocycles. The molecule has 7 heteroatoms. The predicted molar refractivity (Wildman–Crippen MR) is 87.2 cm³/mol. The van der Waals surface area contributed by atoms with E-state index < -0.39 is 0 Å². The molecule has 0 aliphatic rings. The smallest absolute Gasteiger partial charge is 0.137 e. The van der Waals surface area contributed by atoms with Gasteiger partial charge in [-0.15, -0.1) is 11.3 Å². The maximum Gasteiger partial charge on any atom is 0.137 e. The summed E-state index contributed by atoms with van der Waals surface area (Å²) >= 11 is 13.6. The molecule has 0 radical (unpaired) electrons. The van der Waals surface area contributed by atoms with Crippen LogP contribution in [-0.2, 0) is 13.1 Å². The van der Waals surface area contributed by atoms with E-state index in [0.717, 1.165) is 16.8 Å². The van der Waals surface area contributed by atoms with Crippen molar-refractivity contribution in [3.63, 3.8) is 0 Å². The number of rotatable bonds is 5. The van der Waals surface area contributed by atoms with Crippen LogP contribution in [-0.4, -0.2) is 14.8 Å². The van der Waals surface area contributed by atoms with Crippen LogP contribution in [0, 0.1) is 0 Å². The van der Waals surface area contributed by atoms with Gasteiger partial charge in [0.1, 0.15) is 17.0 Å². The van der Waals surface area contributed by atoms with Gasteiger partial charge in [-0.2, -0.15) is 5.10 Å². The summed E-state index contributed by atoms with van der Waals surface area (Å²) in [5.74, 6) is 0. The van der Waals surface area contributed by atoms with E-state index in [1.165, 1.54) is 17.7 Å². The molecule has 2 aromatic heterocycles. The van der Waals surface area contributed by atoms with Crippen LogP contribution >= 0.6 is 34.5 Å². The Labute approximate surface area is 136 Å². The van der Waals surface area contributed by atoms with Crippen molar-refractivity contribution >= 4 is 40.2 Å². The fraction of sp³-hybridized carbons (Fsp3) is 0.143. The lowest BCUT2D eigenvalue weighted by atomic mass is 10.1. The van der Waals surface area contributed by atoms with Gasteiger partial charge in [0.15, 0.2) is 0 Å². The predicted octanol–water partition coefficient (Wildman–Crippen LogP) is 4.31. The molecule has 1 N–H and O–H groups in total. The lowest BCUT2D eigenvalue weighted by Gasteiger charge is -2.11. The van der Waals surface area contributed by atoms with Crippen LogP contribution in [0.5, 0.6) is 0 Å². The first-order valence-corrected chi connectivity index (χ1v) is 7.93. The summed E-state index contributed by atoms with van der Waals surface area (Å²) in [7, 11) is 0. The number of halogens is 2. The van der Waals surface area contributed by atoms with Crippen molar-refractivity contribution in [2.75, 3.05) is 5.32 Å². The quantitative estimate of drug-likeness (QED) is 0.753. The third-order valence-electron chi connectivity index (χ3n) is 3.04. The van der Waals surface area contributed by atoms with Gasteiger partial charge in [-0.25, -0.2) is 9.67 Å². The van der Waals surface area contributed by atoms with Crippen molar-refractivity contribution in [1.29, 1.82) is 0 Å². The van der Waals surface area contributed by atoms with E-state index in [4.69, 9.17) is 23.2 Å². The van der Waals surface area contributed by atoms with Gasteiger partial charge in [-0.1, -0.05) is 41.4 Å². The Hall–Kier alpha value is -1.56. The maximum absolute atomic E-state index is 6.15. The average Bonchev–Trinajstić information content (AvgIpc) is 3.11. The van der Waals surface area contributed by atoms with E-state index in [9.17, 15) is 0 Å². The number of hydrogen-bond acceptors (Lipinski definition) is 4. The fourth-order valence-electron chi connectivity index (χ4n) is 1.98. The molecule has 3 rings (SSSR count). The highest BCUT2D eigenvalue weighted by molar-refractivity contribution is 7.15. The highest BCUT2D eigenvalue weighted by Crippen LogP contribution is 2.32. The van der Waals surface area contributed by atoms with E-state index in [1.54, 1.807) is 11.0 Å². The first-order valence-electron chi connectivity index (χ1n) is 6.29. The molecule has 0 saturated carbocycles. The van der Waals surface area contributed by atoms with E-state index >= 15 is 0 Å². The van der Waals surface area contributed by atoms with Crippen molar-refractivity contribution in [1.82, 2.24) is 14.8 Å². The molecule has 3 aromatic rings. The third-order valence-corrected chi connectivity index (χ3v) is 4.95. The lowest BCUT2D eigenvalue weighted by molar-refractivity contribution is 0.685. The summed E-state index contributed by atoms with van der Waals surface area (Å²) in [6.07, 6.45) is 3.23. The Morgan fingerprint density at radius 2 is 2.05 bits per heavy atom. The second-order valence-corrected chi connectivity index (χ2v) is 6.31. The van der Waals surface area contributed by atoms with Crippen LogP contribution < -0.4 is 5.32 Å². The van der Waals surface area contributed by atoms with Gasteiger partial charge in [-0.05, 0) is 17.0 Å². The molecule has 1 aromatic carbocycles. The summed E-state index contributed by atoms with van der Waals surface area (Å²) in [4.78, 5) is 3.96. The second kappa shape index (κ2) is 6.47. The summed E-state index contributed by atoms with van der Waals surface area (Å²) < 4.78 is 2.42. The largest absolute Gasteiger partial charge is 0.381 e. The van der Waals surface area contributed by atoms with Crippen molar-refractivity contribution in [3.8, 4) is 0 Å². The molecule has 0 aliphatic heterocycles. The number of hydrogen-bond donors (Lipinski definition) is 1. The maximum atomic E-state index is 6.15.